The molecule has 0 amide bonds. The summed E-state index contributed by atoms with van der Waals surface area (Å²) >= 11 is 0. The lowest BCUT2D eigenvalue weighted by Crippen LogP contribution is -2.39. The first kappa shape index (κ1) is 20.0. The van der Waals surface area contributed by atoms with Crippen LogP contribution < -0.4 is 14.9 Å². The van der Waals surface area contributed by atoms with E-state index >= 15 is 0 Å². The lowest BCUT2D eigenvalue weighted by Gasteiger charge is -2.35. The summed E-state index contributed by atoms with van der Waals surface area (Å²) in [5, 5.41) is 12.1. The van der Waals surface area contributed by atoms with Gasteiger partial charge in [0, 0.05) is 20.1 Å². The topological polar surface area (TPSA) is 98.1 Å². The first-order valence-corrected chi connectivity index (χ1v) is 10.8. The Labute approximate surface area is 166 Å². The predicted octanol–water partition coefficient (Wildman–Crippen LogP) is 3.28. The van der Waals surface area contributed by atoms with Gasteiger partial charge in [-0.25, -0.2) is 13.4 Å². The van der Waals surface area contributed by atoms with Crippen LogP contribution in [0.1, 0.15) is 25.8 Å². The van der Waals surface area contributed by atoms with Crippen molar-refractivity contribution in [1.29, 1.82) is 5.26 Å². The summed E-state index contributed by atoms with van der Waals surface area (Å²) in [5.74, 6) is 2.07. The van der Waals surface area contributed by atoms with Gasteiger partial charge in [0.05, 0.1) is 28.0 Å². The minimum Gasteiger partial charge on any atom is -0.387 e. The Morgan fingerprint density at radius 2 is 1.89 bits per heavy atom. The molecular formula is C20H25N5O2S. The number of hydrogen-bond donors (Lipinski definition) is 2. The maximum atomic E-state index is 12.7. The molecular weight excluding hydrogens is 374 g/mol. The molecule has 2 heterocycles. The van der Waals surface area contributed by atoms with Crippen molar-refractivity contribution in [2.45, 2.75) is 25.2 Å². The fourth-order valence-electron chi connectivity index (χ4n) is 3.70. The van der Waals surface area contributed by atoms with Gasteiger partial charge in [-0.05, 0) is 48.6 Å². The molecule has 2 aromatic rings. The maximum absolute atomic E-state index is 12.7. The highest BCUT2D eigenvalue weighted by molar-refractivity contribution is 7.92. The summed E-state index contributed by atoms with van der Waals surface area (Å²) < 4.78 is 27.9. The van der Waals surface area contributed by atoms with Crippen LogP contribution in [-0.2, 0) is 10.0 Å². The molecule has 148 valence electrons. The summed E-state index contributed by atoms with van der Waals surface area (Å²) in [6.45, 7) is 6.38. The molecule has 8 heteroatoms. The third-order valence-electron chi connectivity index (χ3n) is 4.88. The number of nitrogens with one attached hydrogen (secondary N) is 2. The molecule has 1 saturated heterocycles. The van der Waals surface area contributed by atoms with Crippen LogP contribution in [0.5, 0.6) is 0 Å². The second kappa shape index (κ2) is 8.07. The van der Waals surface area contributed by atoms with Gasteiger partial charge in [0.15, 0.2) is 0 Å². The molecule has 1 aromatic carbocycles. The number of sulfonamides is 1. The van der Waals surface area contributed by atoms with Crippen LogP contribution in [0.15, 0.2) is 41.4 Å². The number of benzene rings is 1. The third kappa shape index (κ3) is 4.37. The van der Waals surface area contributed by atoms with E-state index in [4.69, 9.17) is 0 Å². The van der Waals surface area contributed by atoms with E-state index in [0.717, 1.165) is 18.9 Å². The lowest BCUT2D eigenvalue weighted by atomic mass is 9.92. The molecule has 3 rings (SSSR count). The fourth-order valence-corrected chi connectivity index (χ4v) is 4.77. The van der Waals surface area contributed by atoms with Crippen LogP contribution in [0.25, 0.3) is 0 Å². The molecule has 0 unspecified atom stereocenters. The number of anilines is 3. The second-order valence-electron chi connectivity index (χ2n) is 7.43. The van der Waals surface area contributed by atoms with Gasteiger partial charge in [-0.15, -0.1) is 0 Å². The van der Waals surface area contributed by atoms with Crippen LogP contribution in [-0.4, -0.2) is 33.5 Å². The maximum Gasteiger partial charge on any atom is 0.261 e. The number of aromatic nitrogens is 1. The van der Waals surface area contributed by atoms with Crippen LogP contribution in [0.3, 0.4) is 0 Å². The van der Waals surface area contributed by atoms with E-state index in [9.17, 15) is 13.7 Å². The third-order valence-corrected chi connectivity index (χ3v) is 6.26. The molecule has 0 radical (unpaired) electrons. The standard InChI is InChI=1S/C20H25N5O2S/c1-14-8-15(2)13-25(12-14)20-7-4-17(11-23-20)24-28(26,27)18-5-6-19(22-3)16(9-18)10-21/h4-7,9,11,14-15,22,24H,8,12-13H2,1-3H3/t14-,15-/m1/s1. The molecule has 1 aromatic heterocycles. The van der Waals surface area contributed by atoms with E-state index in [1.54, 1.807) is 19.2 Å². The molecule has 2 N–H and O–H groups in total. The highest BCUT2D eigenvalue weighted by Crippen LogP contribution is 2.26. The second-order valence-corrected chi connectivity index (χ2v) is 9.11. The predicted molar refractivity (Wildman–Crippen MR) is 111 cm³/mol. The zero-order chi connectivity index (χ0) is 20.3. The van der Waals surface area contributed by atoms with Crippen molar-refractivity contribution in [3.05, 3.63) is 42.1 Å². The first-order valence-electron chi connectivity index (χ1n) is 9.28. The highest BCUT2D eigenvalue weighted by Gasteiger charge is 2.23. The zero-order valence-electron chi connectivity index (χ0n) is 16.3. The van der Waals surface area contributed by atoms with Crippen molar-refractivity contribution in [1.82, 2.24) is 4.98 Å². The molecule has 0 bridgehead atoms. The smallest absolute Gasteiger partial charge is 0.261 e. The molecule has 2 atom stereocenters. The average molecular weight is 400 g/mol. The monoisotopic (exact) mass is 399 g/mol. The van der Waals surface area contributed by atoms with Crippen LogP contribution in [0.2, 0.25) is 0 Å². The summed E-state index contributed by atoms with van der Waals surface area (Å²) in [4.78, 5) is 6.72. The number of piperidine rings is 1. The molecule has 0 spiro atoms. The number of rotatable bonds is 5. The van der Waals surface area contributed by atoms with Crippen LogP contribution in [0, 0.1) is 23.2 Å². The quantitative estimate of drug-likeness (QED) is 0.801. The Morgan fingerprint density at radius 1 is 1.18 bits per heavy atom. The van der Waals surface area contributed by atoms with Gasteiger partial charge in [0.2, 0.25) is 0 Å². The van der Waals surface area contributed by atoms with Gasteiger partial charge in [0.1, 0.15) is 11.9 Å². The van der Waals surface area contributed by atoms with Gasteiger partial charge in [-0.2, -0.15) is 5.26 Å². The Kier molecular flexibility index (Phi) is 5.75. The SMILES string of the molecule is CNc1ccc(S(=O)(=O)Nc2ccc(N3C[C@H](C)C[C@@H](C)C3)nc2)cc1C#N. The molecule has 0 saturated carbocycles. The average Bonchev–Trinajstić information content (AvgIpc) is 2.67. The van der Waals surface area contributed by atoms with Gasteiger partial charge in [-0.3, -0.25) is 4.72 Å². The van der Waals surface area contributed by atoms with E-state index in [1.165, 1.54) is 24.8 Å². The van der Waals surface area contributed by atoms with Crippen molar-refractivity contribution >= 4 is 27.2 Å². The van der Waals surface area contributed by atoms with Crippen molar-refractivity contribution in [2.24, 2.45) is 11.8 Å². The number of nitriles is 1. The van der Waals surface area contributed by atoms with Crippen molar-refractivity contribution in [3.8, 4) is 6.07 Å². The summed E-state index contributed by atoms with van der Waals surface area (Å²) in [6.07, 6.45) is 2.75. The van der Waals surface area contributed by atoms with Crippen molar-refractivity contribution in [2.75, 3.05) is 35.1 Å². The van der Waals surface area contributed by atoms with E-state index in [-0.39, 0.29) is 10.5 Å². The van der Waals surface area contributed by atoms with Gasteiger partial charge < -0.3 is 10.2 Å². The van der Waals surface area contributed by atoms with Gasteiger partial charge in [0.25, 0.3) is 10.0 Å². The molecule has 0 aliphatic carbocycles. The summed E-state index contributed by atoms with van der Waals surface area (Å²) in [6, 6.07) is 9.96. The molecule has 1 aliphatic heterocycles. The normalized spacial score (nSPS) is 19.7. The highest BCUT2D eigenvalue weighted by atomic mass is 32.2. The van der Waals surface area contributed by atoms with Gasteiger partial charge >= 0.3 is 0 Å². The summed E-state index contributed by atoms with van der Waals surface area (Å²) in [5.41, 5.74) is 1.24. The van der Waals surface area contributed by atoms with E-state index < -0.39 is 10.0 Å². The van der Waals surface area contributed by atoms with E-state index in [0.29, 0.717) is 23.2 Å². The largest absolute Gasteiger partial charge is 0.387 e. The molecule has 7 nitrogen and oxygen atoms in total. The molecule has 28 heavy (non-hydrogen) atoms. The fraction of sp³-hybridized carbons (Fsp3) is 0.400. The minimum atomic E-state index is -3.81. The first-order chi connectivity index (χ1) is 13.3. The minimum absolute atomic E-state index is 0.0332. The molecule has 1 aliphatic rings. The van der Waals surface area contributed by atoms with Gasteiger partial charge in [-0.1, -0.05) is 13.8 Å². The van der Waals surface area contributed by atoms with Crippen molar-refractivity contribution < 1.29 is 8.42 Å². The van der Waals surface area contributed by atoms with Crippen LogP contribution in [0.4, 0.5) is 17.2 Å². The van der Waals surface area contributed by atoms with Crippen molar-refractivity contribution in [3.63, 3.8) is 0 Å². The Hall–Kier alpha value is -2.79. The number of hydrogen-bond acceptors (Lipinski definition) is 6. The Balaban J connectivity index is 1.77. The van der Waals surface area contributed by atoms with Crippen LogP contribution >= 0.6 is 0 Å². The Morgan fingerprint density at radius 3 is 2.46 bits per heavy atom. The number of pyridine rings is 1. The molecule has 1 fully saturated rings. The van der Waals surface area contributed by atoms with E-state index in [2.05, 4.69) is 33.8 Å². The number of nitrogens with zero attached hydrogens (tertiary/aromatic N) is 3. The lowest BCUT2D eigenvalue weighted by molar-refractivity contribution is 0.355. The summed E-state index contributed by atoms with van der Waals surface area (Å²) in [7, 11) is -2.13. The zero-order valence-corrected chi connectivity index (χ0v) is 17.1. The Bertz CT molecular complexity index is 973. The van der Waals surface area contributed by atoms with E-state index in [1.807, 2.05) is 12.1 Å².